The molecule has 0 aliphatic heterocycles. The van der Waals surface area contributed by atoms with Crippen molar-refractivity contribution < 1.29 is 18.1 Å². The summed E-state index contributed by atoms with van der Waals surface area (Å²) in [6.45, 7) is 7.74. The van der Waals surface area contributed by atoms with Crippen LogP contribution in [0.3, 0.4) is 0 Å². The van der Waals surface area contributed by atoms with Crippen LogP contribution in [0.5, 0.6) is 0 Å². The first-order chi connectivity index (χ1) is 11.0. The van der Waals surface area contributed by atoms with Gasteiger partial charge in [-0.15, -0.1) is 0 Å². The first-order valence-electron chi connectivity index (χ1n) is 7.62. The minimum atomic E-state index is -2.67. The van der Waals surface area contributed by atoms with Crippen molar-refractivity contribution >= 4 is 33.0 Å². The molecule has 0 aliphatic carbocycles. The van der Waals surface area contributed by atoms with E-state index in [9.17, 15) is 4.79 Å². The fraction of sp³-hybridized carbons (Fsp3) is 0.750. The lowest BCUT2D eigenvalue weighted by Gasteiger charge is -2.28. The normalized spacial score (nSPS) is 11.6. The van der Waals surface area contributed by atoms with E-state index in [1.54, 1.807) is 0 Å². The highest BCUT2D eigenvalue weighted by atomic mass is 32.1. The first kappa shape index (κ1) is 19.8. The van der Waals surface area contributed by atoms with Crippen molar-refractivity contribution in [1.29, 1.82) is 0 Å². The summed E-state index contributed by atoms with van der Waals surface area (Å²) in [5.41, 5.74) is 5.45. The maximum atomic E-state index is 12.0. The van der Waals surface area contributed by atoms with Gasteiger partial charge in [0.05, 0.1) is 0 Å². The van der Waals surface area contributed by atoms with Gasteiger partial charge in [0.25, 0.3) is 0 Å². The number of hydrogen-bond donors (Lipinski definition) is 3. The van der Waals surface area contributed by atoms with Gasteiger partial charge in [-0.1, -0.05) is 0 Å². The molecule has 11 heteroatoms. The van der Waals surface area contributed by atoms with Gasteiger partial charge >= 0.3 is 14.8 Å². The number of nitrogen functional groups attached to an aromatic ring is 1. The van der Waals surface area contributed by atoms with Crippen LogP contribution in [0, 0.1) is 4.77 Å². The zero-order valence-corrected chi connectivity index (χ0v) is 15.6. The van der Waals surface area contributed by atoms with Gasteiger partial charge in [-0.05, 0) is 39.4 Å². The molecule has 0 aromatic carbocycles. The summed E-state index contributed by atoms with van der Waals surface area (Å²) in [5, 5.41) is 5.30. The zero-order chi connectivity index (χ0) is 17.3. The number of rotatable bonds is 10. The number of carbonyl (C=O) groups excluding carboxylic acids is 1. The highest BCUT2D eigenvalue weighted by Crippen LogP contribution is 2.17. The first-order valence-corrected chi connectivity index (χ1v) is 9.96. The van der Waals surface area contributed by atoms with Gasteiger partial charge in [-0.2, -0.15) is 9.67 Å². The predicted octanol–water partition coefficient (Wildman–Crippen LogP) is 1.52. The van der Waals surface area contributed by atoms with Crippen molar-refractivity contribution in [1.82, 2.24) is 20.1 Å². The molecule has 0 fully saturated rings. The summed E-state index contributed by atoms with van der Waals surface area (Å²) in [5.74, 6) is 0.0978. The van der Waals surface area contributed by atoms with Gasteiger partial charge in [-0.25, -0.2) is 4.79 Å². The highest BCUT2D eigenvalue weighted by molar-refractivity contribution is 7.71. The second-order valence-corrected chi connectivity index (χ2v) is 7.64. The number of nitrogens with zero attached hydrogens (tertiary/aromatic N) is 2. The number of carbonyl (C=O) groups is 1. The molecule has 0 radical (unpaired) electrons. The van der Waals surface area contributed by atoms with Gasteiger partial charge < -0.3 is 24.3 Å². The molecule has 0 unspecified atom stereocenters. The third-order valence-electron chi connectivity index (χ3n) is 2.87. The van der Waals surface area contributed by atoms with Crippen molar-refractivity contribution in [2.24, 2.45) is 0 Å². The second kappa shape index (κ2) is 9.77. The van der Waals surface area contributed by atoms with Crippen LogP contribution >= 0.6 is 12.2 Å². The average molecular weight is 364 g/mol. The van der Waals surface area contributed by atoms with E-state index in [-0.39, 0.29) is 10.7 Å². The SMILES string of the molecule is CCO[Si](CCCNC(=O)n1[nH]c(N)nc1=S)(OCC)OCC. The molecule has 0 spiro atoms. The summed E-state index contributed by atoms with van der Waals surface area (Å²) in [6.07, 6.45) is 0.662. The Morgan fingerprint density at radius 2 is 1.87 bits per heavy atom. The Morgan fingerprint density at radius 3 is 2.30 bits per heavy atom. The minimum Gasteiger partial charge on any atom is -0.374 e. The molecule has 1 aromatic heterocycles. The van der Waals surface area contributed by atoms with Crippen LogP contribution in [-0.2, 0) is 13.3 Å². The maximum absolute atomic E-state index is 12.0. The number of hydrogen-bond acceptors (Lipinski definition) is 7. The Kier molecular flexibility index (Phi) is 8.40. The lowest BCUT2D eigenvalue weighted by Crippen LogP contribution is -2.46. The van der Waals surface area contributed by atoms with Crippen LogP contribution in [0.1, 0.15) is 27.2 Å². The molecule has 1 rings (SSSR count). The Balaban J connectivity index is 2.51. The molecule has 0 aliphatic rings. The lowest BCUT2D eigenvalue weighted by molar-refractivity contribution is 0.0708. The fourth-order valence-corrected chi connectivity index (χ4v) is 4.90. The minimum absolute atomic E-state index is 0.0849. The van der Waals surface area contributed by atoms with Gasteiger partial charge in [0, 0.05) is 32.4 Å². The van der Waals surface area contributed by atoms with Crippen molar-refractivity contribution in [3.05, 3.63) is 4.77 Å². The number of H-pyrrole nitrogens is 1. The van der Waals surface area contributed by atoms with Crippen LogP contribution in [0.4, 0.5) is 10.7 Å². The summed E-state index contributed by atoms with van der Waals surface area (Å²) in [4.78, 5) is 15.7. The molecule has 23 heavy (non-hydrogen) atoms. The van der Waals surface area contributed by atoms with E-state index < -0.39 is 14.8 Å². The van der Waals surface area contributed by atoms with Gasteiger partial charge in [-0.3, -0.25) is 5.10 Å². The average Bonchev–Trinajstić information content (AvgIpc) is 2.83. The van der Waals surface area contributed by atoms with E-state index >= 15 is 0 Å². The molecule has 9 nitrogen and oxygen atoms in total. The Hall–Kier alpha value is -1.27. The Bertz CT molecular complexity index is 533. The molecule has 0 saturated carbocycles. The van der Waals surface area contributed by atoms with Crippen molar-refractivity contribution in [3.63, 3.8) is 0 Å². The van der Waals surface area contributed by atoms with Gasteiger partial charge in [0.1, 0.15) is 0 Å². The molecular formula is C12H25N5O4SSi. The highest BCUT2D eigenvalue weighted by Gasteiger charge is 2.39. The van der Waals surface area contributed by atoms with E-state index in [0.717, 1.165) is 4.68 Å². The third-order valence-corrected chi connectivity index (χ3v) is 6.29. The molecule has 1 aromatic rings. The number of nitrogens with two attached hydrogens (primary N) is 1. The molecule has 0 atom stereocenters. The van der Waals surface area contributed by atoms with Crippen LogP contribution in [-0.4, -0.2) is 56.0 Å². The second-order valence-electron chi connectivity index (χ2n) is 4.54. The third kappa shape index (κ3) is 6.03. The molecule has 0 saturated heterocycles. The molecule has 0 bridgehead atoms. The fourth-order valence-electron chi connectivity index (χ4n) is 2.06. The quantitative estimate of drug-likeness (QED) is 0.328. The smallest absolute Gasteiger partial charge is 0.374 e. The number of anilines is 1. The van der Waals surface area contributed by atoms with E-state index in [1.807, 2.05) is 20.8 Å². The van der Waals surface area contributed by atoms with Gasteiger partial charge in [0.2, 0.25) is 10.7 Å². The predicted molar refractivity (Wildman–Crippen MR) is 90.7 cm³/mol. The molecular weight excluding hydrogens is 338 g/mol. The standard InChI is InChI=1S/C12H25N5O4SSi/c1-4-19-23(20-5-2,21-6-3)9-7-8-14-11(18)17-12(22)15-10(13)16-17/h4-9H2,1-3H3,(H,14,18)(H3,13,15,16,22). The largest absolute Gasteiger partial charge is 0.500 e. The lowest BCUT2D eigenvalue weighted by atomic mass is 10.5. The van der Waals surface area contributed by atoms with Crippen molar-refractivity contribution in [2.75, 3.05) is 32.1 Å². The number of amides is 1. The van der Waals surface area contributed by atoms with Gasteiger partial charge in [0.15, 0.2) is 0 Å². The summed E-state index contributed by atoms with van der Waals surface area (Å²) in [7, 11) is -2.67. The van der Waals surface area contributed by atoms with Crippen molar-refractivity contribution in [3.8, 4) is 0 Å². The summed E-state index contributed by atoms with van der Waals surface area (Å²) < 4.78 is 18.4. The molecule has 132 valence electrons. The molecule has 1 heterocycles. The van der Waals surface area contributed by atoms with Crippen LogP contribution in [0.25, 0.3) is 0 Å². The molecule has 4 N–H and O–H groups in total. The topological polar surface area (TPSA) is 116 Å². The number of aromatic amines is 1. The maximum Gasteiger partial charge on any atom is 0.500 e. The van der Waals surface area contributed by atoms with Crippen LogP contribution in [0.2, 0.25) is 6.04 Å². The van der Waals surface area contributed by atoms with Crippen LogP contribution in [0.15, 0.2) is 0 Å². The van der Waals surface area contributed by atoms with E-state index in [2.05, 4.69) is 15.4 Å². The monoisotopic (exact) mass is 363 g/mol. The van der Waals surface area contributed by atoms with Crippen molar-refractivity contribution in [2.45, 2.75) is 33.2 Å². The van der Waals surface area contributed by atoms with E-state index in [4.69, 9.17) is 31.2 Å². The number of nitrogens with one attached hydrogen (secondary N) is 2. The Labute approximate surface area is 141 Å². The van der Waals surface area contributed by atoms with Crippen LogP contribution < -0.4 is 11.1 Å². The Morgan fingerprint density at radius 1 is 1.30 bits per heavy atom. The van der Waals surface area contributed by atoms with E-state index in [0.29, 0.717) is 38.8 Å². The summed E-state index contributed by atoms with van der Waals surface area (Å²) in [6, 6.07) is 0.218. The summed E-state index contributed by atoms with van der Waals surface area (Å²) >= 11 is 4.92. The zero-order valence-electron chi connectivity index (χ0n) is 13.8. The van der Waals surface area contributed by atoms with E-state index in [1.165, 1.54) is 0 Å². The number of aromatic nitrogens is 3. The molecule has 1 amide bonds.